The number of rotatable bonds is 8. The summed E-state index contributed by atoms with van der Waals surface area (Å²) in [6, 6.07) is 8.03. The van der Waals surface area contributed by atoms with Crippen LogP contribution < -0.4 is 11.1 Å². The molecule has 0 atom stereocenters. The van der Waals surface area contributed by atoms with Crippen molar-refractivity contribution in [2.75, 3.05) is 38.2 Å². The van der Waals surface area contributed by atoms with Crippen molar-refractivity contribution < 1.29 is 0 Å². The predicted molar refractivity (Wildman–Crippen MR) is 113 cm³/mol. The Bertz CT molecular complexity index is 895. The topological polar surface area (TPSA) is 72.0 Å². The Morgan fingerprint density at radius 2 is 1.85 bits per heavy atom. The summed E-state index contributed by atoms with van der Waals surface area (Å²) in [4.78, 5) is 11.3. The molecule has 6 nitrogen and oxygen atoms in total. The van der Waals surface area contributed by atoms with Gasteiger partial charge in [-0.15, -0.1) is 0 Å². The number of nitrogens with zero attached hydrogens (tertiary/aromatic N) is 4. The highest BCUT2D eigenvalue weighted by Crippen LogP contribution is 2.28. The Kier molecular flexibility index (Phi) is 5.96. The standard InChI is InChI=1S/C21H30N6/c1-15-16(2)27(13-5-12-26(3)4)21-19(15)20(24-14-25-21)23-11-10-17-6-8-18(22)9-7-17/h6-9,14H,5,10-13,22H2,1-4H3,(H,23,24,25). The molecule has 0 unspecified atom stereocenters. The highest BCUT2D eigenvalue weighted by atomic mass is 15.1. The second-order valence-electron chi connectivity index (χ2n) is 7.36. The SMILES string of the molecule is Cc1c(C)n(CCCN(C)C)c2ncnc(NCCc3ccc(N)cc3)c12. The van der Waals surface area contributed by atoms with Crippen molar-refractivity contribution in [1.82, 2.24) is 19.4 Å². The second-order valence-corrected chi connectivity index (χ2v) is 7.36. The Hall–Kier alpha value is -2.60. The zero-order chi connectivity index (χ0) is 19.4. The van der Waals surface area contributed by atoms with Gasteiger partial charge in [0.25, 0.3) is 0 Å². The normalized spacial score (nSPS) is 11.4. The number of nitrogens with one attached hydrogen (secondary N) is 1. The van der Waals surface area contributed by atoms with Gasteiger partial charge in [-0.2, -0.15) is 0 Å². The molecule has 0 amide bonds. The molecule has 3 N–H and O–H groups in total. The molecule has 0 spiro atoms. The van der Waals surface area contributed by atoms with Crippen molar-refractivity contribution in [2.24, 2.45) is 0 Å². The Balaban J connectivity index is 1.76. The first kappa shape index (κ1) is 19.2. The van der Waals surface area contributed by atoms with Crippen molar-refractivity contribution in [3.63, 3.8) is 0 Å². The number of nitrogens with two attached hydrogens (primary N) is 1. The lowest BCUT2D eigenvalue weighted by Gasteiger charge is -2.12. The van der Waals surface area contributed by atoms with E-state index in [1.807, 2.05) is 12.1 Å². The molecule has 0 saturated heterocycles. The molecule has 0 aliphatic rings. The zero-order valence-corrected chi connectivity index (χ0v) is 16.8. The van der Waals surface area contributed by atoms with Gasteiger partial charge in [-0.1, -0.05) is 12.1 Å². The van der Waals surface area contributed by atoms with Gasteiger partial charge < -0.3 is 20.5 Å². The van der Waals surface area contributed by atoms with E-state index in [1.165, 1.54) is 16.8 Å². The van der Waals surface area contributed by atoms with Gasteiger partial charge in [0, 0.05) is 24.5 Å². The molecule has 1 aromatic carbocycles. The van der Waals surface area contributed by atoms with Crippen molar-refractivity contribution in [1.29, 1.82) is 0 Å². The van der Waals surface area contributed by atoms with Gasteiger partial charge in [0.05, 0.1) is 5.39 Å². The van der Waals surface area contributed by atoms with Gasteiger partial charge in [0.1, 0.15) is 17.8 Å². The second kappa shape index (κ2) is 8.39. The van der Waals surface area contributed by atoms with Gasteiger partial charge in [-0.3, -0.25) is 0 Å². The minimum absolute atomic E-state index is 0.797. The van der Waals surface area contributed by atoms with Crippen LogP contribution in [0.15, 0.2) is 30.6 Å². The molecule has 0 bridgehead atoms. The van der Waals surface area contributed by atoms with Crippen LogP contribution in [0.5, 0.6) is 0 Å². The van der Waals surface area contributed by atoms with Crippen LogP contribution in [0.1, 0.15) is 23.2 Å². The first-order chi connectivity index (χ1) is 13.0. The fourth-order valence-electron chi connectivity index (χ4n) is 3.43. The summed E-state index contributed by atoms with van der Waals surface area (Å²) in [5.41, 5.74) is 11.4. The molecule has 3 aromatic rings. The minimum atomic E-state index is 0.797. The predicted octanol–water partition coefficient (Wildman–Crippen LogP) is 3.24. The van der Waals surface area contributed by atoms with Crippen molar-refractivity contribution >= 4 is 22.5 Å². The van der Waals surface area contributed by atoms with Gasteiger partial charge in [-0.25, -0.2) is 9.97 Å². The first-order valence-electron chi connectivity index (χ1n) is 9.50. The molecule has 27 heavy (non-hydrogen) atoms. The minimum Gasteiger partial charge on any atom is -0.399 e. The largest absolute Gasteiger partial charge is 0.399 e. The number of aromatic nitrogens is 3. The molecular weight excluding hydrogens is 336 g/mol. The number of benzene rings is 1. The molecule has 2 aromatic heterocycles. The van der Waals surface area contributed by atoms with Crippen LogP contribution >= 0.6 is 0 Å². The monoisotopic (exact) mass is 366 g/mol. The maximum atomic E-state index is 5.76. The Morgan fingerprint density at radius 3 is 2.56 bits per heavy atom. The highest BCUT2D eigenvalue weighted by Gasteiger charge is 2.16. The van der Waals surface area contributed by atoms with E-state index in [9.17, 15) is 0 Å². The molecule has 0 fully saturated rings. The molecule has 0 saturated carbocycles. The number of hydrogen-bond acceptors (Lipinski definition) is 5. The third kappa shape index (κ3) is 4.39. The van der Waals surface area contributed by atoms with Gasteiger partial charge in [0.2, 0.25) is 0 Å². The third-order valence-electron chi connectivity index (χ3n) is 5.08. The zero-order valence-electron chi connectivity index (χ0n) is 16.8. The highest BCUT2D eigenvalue weighted by molar-refractivity contribution is 5.91. The summed E-state index contributed by atoms with van der Waals surface area (Å²) < 4.78 is 2.32. The molecule has 6 heteroatoms. The third-order valence-corrected chi connectivity index (χ3v) is 5.08. The van der Waals surface area contributed by atoms with E-state index in [-0.39, 0.29) is 0 Å². The van der Waals surface area contributed by atoms with Gasteiger partial charge in [0.15, 0.2) is 0 Å². The average molecular weight is 367 g/mol. The summed E-state index contributed by atoms with van der Waals surface area (Å²) in [5.74, 6) is 0.919. The number of fused-ring (bicyclic) bond motifs is 1. The van der Waals surface area contributed by atoms with E-state index in [4.69, 9.17) is 5.73 Å². The fourth-order valence-corrected chi connectivity index (χ4v) is 3.43. The number of aryl methyl sites for hydroxylation is 2. The maximum Gasteiger partial charge on any atom is 0.145 e. The summed E-state index contributed by atoms with van der Waals surface area (Å²) in [7, 11) is 4.22. The molecule has 2 heterocycles. The summed E-state index contributed by atoms with van der Waals surface area (Å²) in [6.07, 6.45) is 3.68. The van der Waals surface area contributed by atoms with Crippen LogP contribution in [0.25, 0.3) is 11.0 Å². The van der Waals surface area contributed by atoms with Crippen LogP contribution in [0.4, 0.5) is 11.5 Å². The van der Waals surface area contributed by atoms with Crippen molar-refractivity contribution in [2.45, 2.75) is 33.2 Å². The van der Waals surface area contributed by atoms with E-state index in [0.29, 0.717) is 0 Å². The molecule has 3 rings (SSSR count). The summed E-state index contributed by atoms with van der Waals surface area (Å²) >= 11 is 0. The Morgan fingerprint density at radius 1 is 1.11 bits per heavy atom. The van der Waals surface area contributed by atoms with E-state index in [0.717, 1.165) is 55.0 Å². The van der Waals surface area contributed by atoms with Gasteiger partial charge >= 0.3 is 0 Å². The summed E-state index contributed by atoms with van der Waals surface area (Å²) in [6.45, 7) is 7.19. The molecular formula is C21H30N6. The van der Waals surface area contributed by atoms with E-state index in [1.54, 1.807) is 6.33 Å². The van der Waals surface area contributed by atoms with E-state index < -0.39 is 0 Å². The number of anilines is 2. The average Bonchev–Trinajstić information content (AvgIpc) is 2.89. The van der Waals surface area contributed by atoms with E-state index in [2.05, 4.69) is 64.8 Å². The van der Waals surface area contributed by atoms with Gasteiger partial charge in [-0.05, 0) is 70.6 Å². The summed E-state index contributed by atoms with van der Waals surface area (Å²) in [5, 5.41) is 4.64. The van der Waals surface area contributed by atoms with Crippen molar-refractivity contribution in [3.05, 3.63) is 47.4 Å². The number of nitrogen functional groups attached to an aromatic ring is 1. The smallest absolute Gasteiger partial charge is 0.145 e. The number of hydrogen-bond donors (Lipinski definition) is 2. The quantitative estimate of drug-likeness (QED) is 0.599. The lowest BCUT2D eigenvalue weighted by atomic mass is 10.1. The molecule has 0 radical (unpaired) electrons. The van der Waals surface area contributed by atoms with Crippen molar-refractivity contribution in [3.8, 4) is 0 Å². The Labute approximate surface area is 161 Å². The first-order valence-corrected chi connectivity index (χ1v) is 9.50. The van der Waals surface area contributed by atoms with Crippen LogP contribution in [0.3, 0.4) is 0 Å². The van der Waals surface area contributed by atoms with Crippen LogP contribution in [0.2, 0.25) is 0 Å². The van der Waals surface area contributed by atoms with Crippen LogP contribution in [0, 0.1) is 13.8 Å². The fraction of sp³-hybridized carbons (Fsp3) is 0.429. The van der Waals surface area contributed by atoms with E-state index >= 15 is 0 Å². The molecule has 0 aliphatic carbocycles. The molecule has 0 aliphatic heterocycles. The van der Waals surface area contributed by atoms with Crippen LogP contribution in [-0.2, 0) is 13.0 Å². The van der Waals surface area contributed by atoms with Crippen LogP contribution in [-0.4, -0.2) is 46.6 Å². The maximum absolute atomic E-state index is 5.76. The lowest BCUT2D eigenvalue weighted by Crippen LogP contribution is -2.15. The lowest BCUT2D eigenvalue weighted by molar-refractivity contribution is 0.387. The molecule has 144 valence electrons.